The number of alkyl halides is 1. The van der Waals surface area contributed by atoms with Crippen LogP contribution in [-0.2, 0) is 26.3 Å². The van der Waals surface area contributed by atoms with Crippen LogP contribution < -0.4 is 0 Å². The number of ether oxygens (including phenoxy) is 2. The first-order valence-electron chi connectivity index (χ1n) is 5.95. The van der Waals surface area contributed by atoms with Gasteiger partial charge in [-0.15, -0.1) is 0 Å². The van der Waals surface area contributed by atoms with E-state index in [-0.39, 0.29) is 11.6 Å². The van der Waals surface area contributed by atoms with Crippen LogP contribution in [0.5, 0.6) is 0 Å². The van der Waals surface area contributed by atoms with Crippen LogP contribution in [0.25, 0.3) is 0 Å². The highest BCUT2D eigenvalue weighted by molar-refractivity contribution is 9.09. The fraction of sp³-hybridized carbons (Fsp3) is 0.500. The normalized spacial score (nSPS) is 18.9. The van der Waals surface area contributed by atoms with Gasteiger partial charge in [0, 0.05) is 0 Å². The van der Waals surface area contributed by atoms with Crippen molar-refractivity contribution >= 4 is 21.9 Å². The number of hydrogen-bond donors (Lipinski definition) is 0. The van der Waals surface area contributed by atoms with Crippen LogP contribution in [0.1, 0.15) is 35.4 Å². The molecule has 1 aliphatic heterocycles. The number of carbonyl (C=O) groups excluding carboxylic acids is 1. The molecule has 1 aliphatic rings. The maximum Gasteiger partial charge on any atom is 0.324 e. The van der Waals surface area contributed by atoms with Crippen molar-refractivity contribution in [2.24, 2.45) is 0 Å². The molecule has 18 heavy (non-hydrogen) atoms. The van der Waals surface area contributed by atoms with Gasteiger partial charge in [-0.1, -0.05) is 34.1 Å². The average Bonchev–Trinajstić information content (AvgIpc) is 2.36. The quantitative estimate of drug-likeness (QED) is 0.622. The van der Waals surface area contributed by atoms with Crippen LogP contribution in [0, 0.1) is 0 Å². The average molecular weight is 313 g/mol. The van der Waals surface area contributed by atoms with Gasteiger partial charge in [0.2, 0.25) is 0 Å². The summed E-state index contributed by atoms with van der Waals surface area (Å²) in [6.45, 7) is 4.78. The summed E-state index contributed by atoms with van der Waals surface area (Å²) in [6, 6.07) is 6.03. The van der Waals surface area contributed by atoms with E-state index in [1.165, 1.54) is 12.7 Å². The van der Waals surface area contributed by atoms with Crippen molar-refractivity contribution in [2.45, 2.75) is 30.7 Å². The van der Waals surface area contributed by atoms with Crippen molar-refractivity contribution in [3.63, 3.8) is 0 Å². The van der Waals surface area contributed by atoms with Crippen LogP contribution in [0.15, 0.2) is 18.2 Å². The Labute approximate surface area is 116 Å². The molecule has 0 fully saturated rings. The molecule has 1 heterocycles. The van der Waals surface area contributed by atoms with Gasteiger partial charge < -0.3 is 9.47 Å². The summed E-state index contributed by atoms with van der Waals surface area (Å²) in [5.74, 6) is -0.287. The van der Waals surface area contributed by atoms with Gasteiger partial charge in [-0.3, -0.25) is 4.79 Å². The van der Waals surface area contributed by atoms with E-state index < -0.39 is 4.83 Å². The number of carbonyl (C=O) groups is 1. The summed E-state index contributed by atoms with van der Waals surface area (Å²) in [5.41, 5.74) is 2.91. The van der Waals surface area contributed by atoms with Crippen LogP contribution >= 0.6 is 15.9 Å². The predicted molar refractivity (Wildman–Crippen MR) is 72.8 cm³/mol. The Morgan fingerprint density at radius 3 is 2.89 bits per heavy atom. The van der Waals surface area contributed by atoms with Gasteiger partial charge in [0.05, 0.1) is 19.3 Å². The Morgan fingerprint density at radius 2 is 2.22 bits per heavy atom. The molecule has 98 valence electrons. The summed E-state index contributed by atoms with van der Waals surface area (Å²) in [4.78, 5) is 11.3. The number of halogens is 1. The number of benzene rings is 1. The van der Waals surface area contributed by atoms with Crippen LogP contribution in [0.4, 0.5) is 0 Å². The lowest BCUT2D eigenvalue weighted by molar-refractivity contribution is -0.139. The number of rotatable bonds is 2. The van der Waals surface area contributed by atoms with Crippen molar-refractivity contribution in [1.29, 1.82) is 0 Å². The van der Waals surface area contributed by atoms with E-state index in [9.17, 15) is 4.79 Å². The van der Waals surface area contributed by atoms with Gasteiger partial charge in [0.1, 0.15) is 4.83 Å². The lowest BCUT2D eigenvalue weighted by atomic mass is 9.84. The first-order valence-corrected chi connectivity index (χ1v) is 6.87. The zero-order valence-corrected chi connectivity index (χ0v) is 12.4. The molecule has 0 N–H and O–H groups in total. The third-order valence-corrected chi connectivity index (χ3v) is 4.17. The topological polar surface area (TPSA) is 35.5 Å². The first-order chi connectivity index (χ1) is 8.47. The van der Waals surface area contributed by atoms with E-state index in [0.717, 1.165) is 17.5 Å². The second-order valence-corrected chi connectivity index (χ2v) is 5.79. The van der Waals surface area contributed by atoms with Crippen molar-refractivity contribution in [2.75, 3.05) is 13.7 Å². The molecule has 4 heteroatoms. The third-order valence-electron chi connectivity index (χ3n) is 3.30. The molecule has 0 radical (unpaired) electrons. The second-order valence-electron chi connectivity index (χ2n) is 4.88. The summed E-state index contributed by atoms with van der Waals surface area (Å²) >= 11 is 3.41. The molecular formula is C14H17BrO3. The van der Waals surface area contributed by atoms with E-state index in [1.54, 1.807) is 0 Å². The van der Waals surface area contributed by atoms with Crippen molar-refractivity contribution < 1.29 is 14.3 Å². The third kappa shape index (κ3) is 2.31. The van der Waals surface area contributed by atoms with Gasteiger partial charge >= 0.3 is 5.97 Å². The minimum absolute atomic E-state index is 0.287. The van der Waals surface area contributed by atoms with Crippen LogP contribution in [-0.4, -0.2) is 19.7 Å². The zero-order valence-electron chi connectivity index (χ0n) is 10.8. The summed E-state index contributed by atoms with van der Waals surface area (Å²) in [5, 5.41) is 0. The minimum Gasteiger partial charge on any atom is -0.468 e. The summed E-state index contributed by atoms with van der Waals surface area (Å²) < 4.78 is 10.6. The van der Waals surface area contributed by atoms with Gasteiger partial charge in [0.25, 0.3) is 0 Å². The molecule has 3 nitrogen and oxygen atoms in total. The van der Waals surface area contributed by atoms with Crippen molar-refractivity contribution in [1.82, 2.24) is 0 Å². The Kier molecular flexibility index (Phi) is 3.78. The number of esters is 1. The lowest BCUT2D eigenvalue weighted by Gasteiger charge is -2.35. The molecule has 0 saturated heterocycles. The van der Waals surface area contributed by atoms with Crippen molar-refractivity contribution in [3.05, 3.63) is 34.9 Å². The number of hydrogen-bond acceptors (Lipinski definition) is 3. The van der Waals surface area contributed by atoms with E-state index in [2.05, 4.69) is 22.0 Å². The lowest BCUT2D eigenvalue weighted by Crippen LogP contribution is -2.31. The monoisotopic (exact) mass is 312 g/mol. The molecule has 0 spiro atoms. The molecule has 1 unspecified atom stereocenters. The summed E-state index contributed by atoms with van der Waals surface area (Å²) in [7, 11) is 1.40. The SMILES string of the molecule is COC(=O)C(Br)c1cccc2c1C(C)(C)OCC2. The molecular weight excluding hydrogens is 296 g/mol. The van der Waals surface area contributed by atoms with Crippen molar-refractivity contribution in [3.8, 4) is 0 Å². The molecule has 2 rings (SSSR count). The zero-order chi connectivity index (χ0) is 13.3. The Hall–Kier alpha value is -0.870. The highest BCUT2D eigenvalue weighted by Gasteiger charge is 2.34. The fourth-order valence-electron chi connectivity index (χ4n) is 2.49. The van der Waals surface area contributed by atoms with Crippen LogP contribution in [0.3, 0.4) is 0 Å². The van der Waals surface area contributed by atoms with E-state index in [0.29, 0.717) is 6.61 Å². The maximum atomic E-state index is 11.7. The first kappa shape index (κ1) is 13.6. The second kappa shape index (κ2) is 5.02. The standard InChI is InChI=1S/C14H17BrO3/c1-14(2)11-9(7-8-18-14)5-4-6-10(11)12(15)13(16)17-3/h4-6,12H,7-8H2,1-3H3. The molecule has 0 bridgehead atoms. The fourth-order valence-corrected chi connectivity index (χ4v) is 3.06. The van der Waals surface area contributed by atoms with Crippen LogP contribution in [0.2, 0.25) is 0 Å². The molecule has 0 aliphatic carbocycles. The van der Waals surface area contributed by atoms with Gasteiger partial charge in [-0.25, -0.2) is 0 Å². The highest BCUT2D eigenvalue weighted by Crippen LogP contribution is 2.39. The maximum absolute atomic E-state index is 11.7. The Bertz CT molecular complexity index is 468. The smallest absolute Gasteiger partial charge is 0.324 e. The number of fused-ring (bicyclic) bond motifs is 1. The molecule has 1 aromatic carbocycles. The molecule has 0 amide bonds. The Balaban J connectivity index is 2.53. The van der Waals surface area contributed by atoms with E-state index in [1.807, 2.05) is 26.0 Å². The molecule has 0 saturated carbocycles. The number of methoxy groups -OCH3 is 1. The predicted octanol–water partition coefficient (Wildman–Crippen LogP) is 3.10. The molecule has 1 aromatic rings. The van der Waals surface area contributed by atoms with E-state index >= 15 is 0 Å². The van der Waals surface area contributed by atoms with Gasteiger partial charge in [-0.2, -0.15) is 0 Å². The largest absolute Gasteiger partial charge is 0.468 e. The van der Waals surface area contributed by atoms with Gasteiger partial charge in [-0.05, 0) is 37.0 Å². The Morgan fingerprint density at radius 1 is 1.50 bits per heavy atom. The van der Waals surface area contributed by atoms with E-state index in [4.69, 9.17) is 9.47 Å². The molecule has 0 aromatic heterocycles. The molecule has 1 atom stereocenters. The summed E-state index contributed by atoms with van der Waals surface area (Å²) in [6.07, 6.45) is 0.882. The minimum atomic E-state index is -0.446. The van der Waals surface area contributed by atoms with Gasteiger partial charge in [0.15, 0.2) is 0 Å². The highest BCUT2D eigenvalue weighted by atomic mass is 79.9.